The maximum Gasteiger partial charge on any atom is 0.135 e. The summed E-state index contributed by atoms with van der Waals surface area (Å²) in [6.07, 6.45) is 12.0. The second kappa shape index (κ2) is 9.58. The van der Waals surface area contributed by atoms with Crippen molar-refractivity contribution in [1.82, 2.24) is 25.1 Å². The Balaban J connectivity index is 1.21. The first kappa shape index (κ1) is 22.9. The van der Waals surface area contributed by atoms with Gasteiger partial charge in [0, 0.05) is 34.8 Å². The van der Waals surface area contributed by atoms with Crippen LogP contribution in [0, 0.1) is 0 Å². The summed E-state index contributed by atoms with van der Waals surface area (Å²) in [6.45, 7) is 4.20. The maximum atomic E-state index is 5.01. The molecule has 0 saturated heterocycles. The van der Waals surface area contributed by atoms with E-state index in [2.05, 4.69) is 92.8 Å². The predicted molar refractivity (Wildman–Crippen MR) is 159 cm³/mol. The molecule has 0 unspecified atom stereocenters. The number of benzene rings is 2. The van der Waals surface area contributed by atoms with Gasteiger partial charge in [-0.2, -0.15) is 5.10 Å². The third-order valence-corrected chi connectivity index (χ3v) is 7.02. The molecule has 0 radical (unpaired) electrons. The molecule has 0 amide bonds. The summed E-state index contributed by atoms with van der Waals surface area (Å²) < 4.78 is 0. The Bertz CT molecular complexity index is 1910. The zero-order valence-corrected chi connectivity index (χ0v) is 21.3. The quantitative estimate of drug-likeness (QED) is 0.207. The van der Waals surface area contributed by atoms with Gasteiger partial charge in [-0.3, -0.25) is 10.1 Å². The van der Waals surface area contributed by atoms with Crippen LogP contribution in [0.25, 0.3) is 50.2 Å². The van der Waals surface area contributed by atoms with Crippen molar-refractivity contribution in [2.75, 3.05) is 5.32 Å². The van der Waals surface area contributed by atoms with E-state index in [0.29, 0.717) is 0 Å². The highest BCUT2D eigenvalue weighted by Crippen LogP contribution is 2.34. The highest BCUT2D eigenvalue weighted by molar-refractivity contribution is 6.00. The van der Waals surface area contributed by atoms with Gasteiger partial charge in [0.05, 0.1) is 28.8 Å². The van der Waals surface area contributed by atoms with E-state index < -0.39 is 0 Å². The van der Waals surface area contributed by atoms with Crippen molar-refractivity contribution >= 4 is 33.2 Å². The molecular formula is C33H26N6. The predicted octanol–water partition coefficient (Wildman–Crippen LogP) is 7.68. The minimum Gasteiger partial charge on any atom is -0.358 e. The minimum absolute atomic E-state index is 0.743. The number of allylic oxidation sites excluding steroid dienone is 5. The smallest absolute Gasteiger partial charge is 0.135 e. The molecular weight excluding hydrogens is 480 g/mol. The topological polar surface area (TPSA) is 82.3 Å². The average molecular weight is 507 g/mol. The first-order valence-corrected chi connectivity index (χ1v) is 13.0. The first-order valence-electron chi connectivity index (χ1n) is 13.0. The van der Waals surface area contributed by atoms with Crippen LogP contribution in [0.5, 0.6) is 0 Å². The van der Waals surface area contributed by atoms with Crippen molar-refractivity contribution in [3.8, 4) is 22.6 Å². The molecule has 0 spiro atoms. The lowest BCUT2D eigenvalue weighted by Gasteiger charge is -2.11. The Hall–Kier alpha value is -5.23. The van der Waals surface area contributed by atoms with Crippen molar-refractivity contribution in [2.24, 2.45) is 0 Å². The highest BCUT2D eigenvalue weighted by atomic mass is 15.1. The lowest BCUT2D eigenvalue weighted by atomic mass is 10.0. The van der Waals surface area contributed by atoms with Crippen LogP contribution in [0.4, 0.5) is 5.69 Å². The molecule has 7 rings (SSSR count). The second-order valence-corrected chi connectivity index (χ2v) is 9.77. The molecule has 6 heteroatoms. The number of nitrogens with one attached hydrogen (secondary N) is 3. The number of anilines is 1. The van der Waals surface area contributed by atoms with E-state index in [1.54, 1.807) is 6.20 Å². The molecule has 4 heterocycles. The number of fused-ring (bicyclic) bond motifs is 2. The molecule has 39 heavy (non-hydrogen) atoms. The number of nitrogens with zero attached hydrogens (tertiary/aromatic N) is 3. The van der Waals surface area contributed by atoms with E-state index in [1.165, 1.54) is 22.1 Å². The number of H-pyrrole nitrogens is 2. The van der Waals surface area contributed by atoms with Crippen LogP contribution in [-0.2, 0) is 6.42 Å². The molecule has 6 nitrogen and oxygen atoms in total. The SMILES string of the molecule is C=C(Cc1ccccc1)Nc1cncc(-c2ccc3[nH]nc(-c4cc5c(C6=CCC=C6)cccc5[nH]4)c3n2)c1. The Morgan fingerprint density at radius 1 is 0.949 bits per heavy atom. The molecule has 1 aliphatic rings. The van der Waals surface area contributed by atoms with Gasteiger partial charge < -0.3 is 10.3 Å². The van der Waals surface area contributed by atoms with Gasteiger partial charge >= 0.3 is 0 Å². The molecule has 0 fully saturated rings. The molecule has 2 aromatic carbocycles. The molecule has 0 saturated carbocycles. The van der Waals surface area contributed by atoms with Gasteiger partial charge in [-0.15, -0.1) is 0 Å². The van der Waals surface area contributed by atoms with Crippen LogP contribution in [0.1, 0.15) is 17.5 Å². The Morgan fingerprint density at radius 3 is 2.74 bits per heavy atom. The van der Waals surface area contributed by atoms with Gasteiger partial charge in [0.1, 0.15) is 11.2 Å². The average Bonchev–Trinajstić information content (AvgIpc) is 3.73. The van der Waals surface area contributed by atoms with E-state index in [0.717, 1.165) is 63.4 Å². The van der Waals surface area contributed by atoms with Crippen molar-refractivity contribution in [3.63, 3.8) is 0 Å². The zero-order valence-electron chi connectivity index (χ0n) is 21.3. The lowest BCUT2D eigenvalue weighted by Crippen LogP contribution is -2.02. The third kappa shape index (κ3) is 4.42. The van der Waals surface area contributed by atoms with Crippen molar-refractivity contribution < 1.29 is 0 Å². The molecule has 4 aromatic heterocycles. The summed E-state index contributed by atoms with van der Waals surface area (Å²) >= 11 is 0. The van der Waals surface area contributed by atoms with Crippen LogP contribution in [-0.4, -0.2) is 25.1 Å². The number of hydrogen-bond donors (Lipinski definition) is 3. The fourth-order valence-electron chi connectivity index (χ4n) is 5.18. The van der Waals surface area contributed by atoms with Crippen LogP contribution < -0.4 is 5.32 Å². The van der Waals surface area contributed by atoms with Gasteiger partial charge in [-0.25, -0.2) is 4.98 Å². The van der Waals surface area contributed by atoms with E-state index >= 15 is 0 Å². The number of hydrogen-bond acceptors (Lipinski definition) is 4. The van der Waals surface area contributed by atoms with Gasteiger partial charge in [-0.1, -0.05) is 67.3 Å². The Morgan fingerprint density at radius 2 is 1.87 bits per heavy atom. The van der Waals surface area contributed by atoms with Crippen LogP contribution in [0.3, 0.4) is 0 Å². The van der Waals surface area contributed by atoms with E-state index in [-0.39, 0.29) is 0 Å². The lowest BCUT2D eigenvalue weighted by molar-refractivity contribution is 1.12. The molecule has 3 N–H and O–H groups in total. The molecule has 0 aliphatic heterocycles. The standard InChI is InChI=1S/C33H26N6/c1-21(16-22-8-3-2-4-9-22)35-25-17-24(19-34-20-25)28-14-15-30-32(37-28)33(39-38-30)31-18-27-26(23-10-5-6-11-23)12-7-13-29(27)36-31/h2-5,7-15,17-20,35-36H,1,6,16H2,(H,38,39). The van der Waals surface area contributed by atoms with Crippen molar-refractivity contribution in [1.29, 1.82) is 0 Å². The van der Waals surface area contributed by atoms with E-state index in [9.17, 15) is 0 Å². The summed E-state index contributed by atoms with van der Waals surface area (Å²) in [6, 6.07) is 24.9. The van der Waals surface area contributed by atoms with Crippen molar-refractivity contribution in [2.45, 2.75) is 12.8 Å². The third-order valence-electron chi connectivity index (χ3n) is 7.02. The first-order chi connectivity index (χ1) is 19.2. The van der Waals surface area contributed by atoms with Crippen molar-refractivity contribution in [3.05, 3.63) is 127 Å². The maximum absolute atomic E-state index is 5.01. The molecule has 0 bridgehead atoms. The number of rotatable bonds is 7. The van der Waals surface area contributed by atoms with Gasteiger partial charge in [0.25, 0.3) is 0 Å². The Labute approximate surface area is 225 Å². The summed E-state index contributed by atoms with van der Waals surface area (Å²) in [4.78, 5) is 13.0. The fraction of sp³-hybridized carbons (Fsp3) is 0.0606. The number of aromatic amines is 2. The van der Waals surface area contributed by atoms with E-state index in [4.69, 9.17) is 4.98 Å². The molecule has 188 valence electrons. The van der Waals surface area contributed by atoms with E-state index in [1.807, 2.05) is 36.5 Å². The largest absolute Gasteiger partial charge is 0.358 e. The highest BCUT2D eigenvalue weighted by Gasteiger charge is 2.16. The molecule has 0 atom stereocenters. The fourth-order valence-corrected chi connectivity index (χ4v) is 5.18. The molecule has 6 aromatic rings. The number of aromatic nitrogens is 5. The molecule has 1 aliphatic carbocycles. The normalized spacial score (nSPS) is 12.8. The Kier molecular flexibility index (Phi) is 5.63. The number of pyridine rings is 2. The summed E-state index contributed by atoms with van der Waals surface area (Å²) in [5.41, 5.74) is 11.7. The van der Waals surface area contributed by atoms with Gasteiger partial charge in [0.15, 0.2) is 0 Å². The van der Waals surface area contributed by atoms with Crippen LogP contribution in [0.15, 0.2) is 116 Å². The summed E-state index contributed by atoms with van der Waals surface area (Å²) in [5.74, 6) is 0. The van der Waals surface area contributed by atoms with Gasteiger partial charge in [-0.05, 0) is 53.5 Å². The zero-order chi connectivity index (χ0) is 26.2. The minimum atomic E-state index is 0.743. The van der Waals surface area contributed by atoms with Gasteiger partial charge in [0.2, 0.25) is 0 Å². The monoisotopic (exact) mass is 506 g/mol. The van der Waals surface area contributed by atoms with Crippen LogP contribution >= 0.6 is 0 Å². The van der Waals surface area contributed by atoms with Crippen LogP contribution in [0.2, 0.25) is 0 Å². The second-order valence-electron chi connectivity index (χ2n) is 9.77. The summed E-state index contributed by atoms with van der Waals surface area (Å²) in [5, 5.41) is 12.4. The summed E-state index contributed by atoms with van der Waals surface area (Å²) in [7, 11) is 0.